The number of aromatic amines is 2. The molecule has 1 saturated carbocycles. The SMILES string of the molecule is O=c1[nH]c(O)c(C=c2cnn3c(=NC4CC4)nc(NCc4cccc5c4OCCCO5)nc23)[nH]1. The minimum atomic E-state index is -0.505. The van der Waals surface area contributed by atoms with Crippen molar-refractivity contribution in [3.8, 4) is 17.4 Å². The zero-order valence-electron chi connectivity index (χ0n) is 18.1. The summed E-state index contributed by atoms with van der Waals surface area (Å²) >= 11 is 0. The van der Waals surface area contributed by atoms with Crippen molar-refractivity contribution in [1.29, 1.82) is 0 Å². The van der Waals surface area contributed by atoms with E-state index >= 15 is 0 Å². The molecule has 4 N–H and O–H groups in total. The van der Waals surface area contributed by atoms with Gasteiger partial charge in [0.05, 0.1) is 25.5 Å². The third-order valence-electron chi connectivity index (χ3n) is 5.55. The Labute approximate surface area is 192 Å². The number of hydrogen-bond donors (Lipinski definition) is 4. The number of anilines is 1. The van der Waals surface area contributed by atoms with Gasteiger partial charge in [0.25, 0.3) is 5.62 Å². The summed E-state index contributed by atoms with van der Waals surface area (Å²) in [7, 11) is 0. The van der Waals surface area contributed by atoms with Crippen LogP contribution >= 0.6 is 0 Å². The van der Waals surface area contributed by atoms with Crippen LogP contribution in [-0.4, -0.2) is 53.9 Å². The van der Waals surface area contributed by atoms with Gasteiger partial charge >= 0.3 is 5.69 Å². The Kier molecular flexibility index (Phi) is 4.90. The lowest BCUT2D eigenvalue weighted by Gasteiger charge is -2.13. The fourth-order valence-electron chi connectivity index (χ4n) is 3.73. The van der Waals surface area contributed by atoms with Gasteiger partial charge < -0.3 is 24.9 Å². The summed E-state index contributed by atoms with van der Waals surface area (Å²) in [5.74, 6) is 1.57. The summed E-state index contributed by atoms with van der Waals surface area (Å²) in [6.45, 7) is 1.64. The molecule has 0 amide bonds. The maximum absolute atomic E-state index is 11.5. The van der Waals surface area contributed by atoms with Crippen molar-refractivity contribution in [1.82, 2.24) is 29.5 Å². The first kappa shape index (κ1) is 20.3. The number of ether oxygens (including phenoxy) is 2. The molecule has 1 aromatic carbocycles. The summed E-state index contributed by atoms with van der Waals surface area (Å²) in [5, 5.41) is 18.2. The van der Waals surface area contributed by atoms with Gasteiger partial charge in [0.1, 0.15) is 5.69 Å². The molecule has 0 saturated heterocycles. The molecule has 2 aliphatic rings. The minimum Gasteiger partial charge on any atom is -0.493 e. The Morgan fingerprint density at radius 1 is 1.24 bits per heavy atom. The van der Waals surface area contributed by atoms with E-state index in [1.165, 1.54) is 0 Å². The summed E-state index contributed by atoms with van der Waals surface area (Å²) in [6.07, 6.45) is 6.04. The lowest BCUT2D eigenvalue weighted by molar-refractivity contribution is 0.296. The molecule has 174 valence electrons. The van der Waals surface area contributed by atoms with Gasteiger partial charge in [0.15, 0.2) is 17.1 Å². The first-order valence-electron chi connectivity index (χ1n) is 11.1. The van der Waals surface area contributed by atoms with Crippen molar-refractivity contribution >= 4 is 17.7 Å². The predicted octanol–water partition coefficient (Wildman–Crippen LogP) is 0.231. The quantitative estimate of drug-likeness (QED) is 0.329. The maximum atomic E-state index is 11.5. The van der Waals surface area contributed by atoms with Crippen LogP contribution in [0.15, 0.2) is 34.2 Å². The largest absolute Gasteiger partial charge is 0.493 e. The highest BCUT2D eigenvalue weighted by Gasteiger charge is 2.21. The molecule has 0 radical (unpaired) electrons. The van der Waals surface area contributed by atoms with Gasteiger partial charge in [-0.15, -0.1) is 0 Å². The molecule has 1 fully saturated rings. The molecule has 0 unspecified atom stereocenters. The Hall–Kier alpha value is -4.35. The molecule has 0 bridgehead atoms. The number of fused-ring (bicyclic) bond motifs is 2. The van der Waals surface area contributed by atoms with Crippen LogP contribution in [-0.2, 0) is 6.54 Å². The molecule has 3 aromatic heterocycles. The van der Waals surface area contributed by atoms with E-state index in [1.807, 2.05) is 18.2 Å². The average Bonchev–Trinajstić information content (AvgIpc) is 3.53. The number of H-pyrrole nitrogens is 2. The standard InChI is InChI=1S/C22H22N8O4/c31-19-15(26-22(32)28-19)9-13-11-24-30-18(13)27-20(29-21(30)25-14-5-6-14)23-10-12-3-1-4-16-17(12)34-8-2-7-33-16/h1,3-4,9,11,14,31H,2,5-8,10H2,(H,23,25,29)(H2,26,28,32). The lowest BCUT2D eigenvalue weighted by atomic mass is 10.2. The van der Waals surface area contributed by atoms with E-state index in [9.17, 15) is 9.90 Å². The summed E-state index contributed by atoms with van der Waals surface area (Å²) < 4.78 is 13.2. The van der Waals surface area contributed by atoms with Crippen molar-refractivity contribution in [3.05, 3.63) is 57.0 Å². The molecule has 1 aliphatic carbocycles. The summed E-state index contributed by atoms with van der Waals surface area (Å²) in [5.41, 5.74) is 1.59. The molecule has 34 heavy (non-hydrogen) atoms. The van der Waals surface area contributed by atoms with E-state index in [4.69, 9.17) is 9.47 Å². The summed E-state index contributed by atoms with van der Waals surface area (Å²) in [6, 6.07) is 6.02. The number of nitrogens with zero attached hydrogens (tertiary/aromatic N) is 5. The predicted molar refractivity (Wildman–Crippen MR) is 121 cm³/mol. The molecule has 6 rings (SSSR count). The van der Waals surface area contributed by atoms with Gasteiger partial charge in [0, 0.05) is 23.7 Å². The first-order valence-corrected chi connectivity index (χ1v) is 11.1. The summed E-state index contributed by atoms with van der Waals surface area (Å²) in [4.78, 5) is 30.2. The maximum Gasteiger partial charge on any atom is 0.326 e. The van der Waals surface area contributed by atoms with Crippen molar-refractivity contribution in [2.45, 2.75) is 31.8 Å². The van der Waals surface area contributed by atoms with Crippen molar-refractivity contribution in [3.63, 3.8) is 0 Å². The molecule has 12 nitrogen and oxygen atoms in total. The smallest absolute Gasteiger partial charge is 0.326 e. The Morgan fingerprint density at radius 3 is 2.94 bits per heavy atom. The number of hydrogen-bond acceptors (Lipinski definition) is 9. The number of rotatable bonds is 5. The third-order valence-corrected chi connectivity index (χ3v) is 5.55. The zero-order valence-corrected chi connectivity index (χ0v) is 18.1. The molecule has 4 heterocycles. The molecule has 4 aromatic rings. The molecule has 12 heteroatoms. The van der Waals surface area contributed by atoms with Gasteiger partial charge in [-0.25, -0.2) is 9.79 Å². The molecule has 1 aliphatic heterocycles. The van der Waals surface area contributed by atoms with Crippen molar-refractivity contribution in [2.24, 2.45) is 4.99 Å². The van der Waals surface area contributed by atoms with Gasteiger partial charge in [-0.2, -0.15) is 19.6 Å². The number of imidazole rings is 1. The van der Waals surface area contributed by atoms with Crippen LogP contribution in [0, 0.1) is 0 Å². The van der Waals surface area contributed by atoms with Crippen LogP contribution in [0.5, 0.6) is 17.4 Å². The van der Waals surface area contributed by atoms with E-state index in [-0.39, 0.29) is 17.6 Å². The second-order valence-corrected chi connectivity index (χ2v) is 8.18. The zero-order chi connectivity index (χ0) is 23.1. The number of benzene rings is 1. The monoisotopic (exact) mass is 462 g/mol. The van der Waals surface area contributed by atoms with Crippen LogP contribution < -0.4 is 31.3 Å². The number of nitrogens with one attached hydrogen (secondary N) is 3. The number of aromatic nitrogens is 6. The van der Waals surface area contributed by atoms with Gasteiger partial charge in [0.2, 0.25) is 11.8 Å². The van der Waals surface area contributed by atoms with E-state index in [0.717, 1.165) is 36.3 Å². The van der Waals surface area contributed by atoms with E-state index in [2.05, 4.69) is 35.3 Å². The second kappa shape index (κ2) is 8.21. The first-order chi connectivity index (χ1) is 16.6. The highest BCUT2D eigenvalue weighted by Crippen LogP contribution is 2.33. The molecular formula is C22H22N8O4. The van der Waals surface area contributed by atoms with E-state index in [1.54, 1.807) is 16.8 Å². The van der Waals surface area contributed by atoms with Crippen LogP contribution in [0.1, 0.15) is 30.5 Å². The third kappa shape index (κ3) is 3.93. The molecule has 0 spiro atoms. The fraction of sp³-hybridized carbons (Fsp3) is 0.318. The van der Waals surface area contributed by atoms with E-state index in [0.29, 0.717) is 42.2 Å². The molecular weight excluding hydrogens is 440 g/mol. The minimum absolute atomic E-state index is 0.225. The van der Waals surface area contributed by atoms with Gasteiger partial charge in [-0.05, 0) is 25.0 Å². The Morgan fingerprint density at radius 2 is 2.12 bits per heavy atom. The Balaban J connectivity index is 1.40. The van der Waals surface area contributed by atoms with Crippen LogP contribution in [0.25, 0.3) is 11.7 Å². The Bertz CT molecular complexity index is 1550. The van der Waals surface area contributed by atoms with Crippen LogP contribution in [0.3, 0.4) is 0 Å². The highest BCUT2D eigenvalue weighted by atomic mass is 16.5. The fourth-order valence-corrected chi connectivity index (χ4v) is 3.73. The van der Waals surface area contributed by atoms with Gasteiger partial charge in [-0.3, -0.25) is 4.98 Å². The number of aromatic hydroxyl groups is 1. The van der Waals surface area contributed by atoms with Gasteiger partial charge in [-0.1, -0.05) is 12.1 Å². The second-order valence-electron chi connectivity index (χ2n) is 8.18. The number of para-hydroxylation sites is 1. The highest BCUT2D eigenvalue weighted by molar-refractivity contribution is 5.57. The normalized spacial score (nSPS) is 16.7. The van der Waals surface area contributed by atoms with Crippen molar-refractivity contribution < 1.29 is 14.6 Å². The van der Waals surface area contributed by atoms with E-state index < -0.39 is 5.69 Å². The van der Waals surface area contributed by atoms with Crippen molar-refractivity contribution in [2.75, 3.05) is 18.5 Å². The average molecular weight is 462 g/mol. The topological polar surface area (TPSA) is 155 Å². The van der Waals surface area contributed by atoms with Crippen LogP contribution in [0.2, 0.25) is 0 Å². The van der Waals surface area contributed by atoms with Crippen LogP contribution in [0.4, 0.5) is 5.95 Å². The molecule has 0 atom stereocenters. The lowest BCUT2D eigenvalue weighted by Crippen LogP contribution is -2.24.